The molecule has 0 aromatic carbocycles. The van der Waals surface area contributed by atoms with E-state index in [1.165, 1.54) is 0 Å². The summed E-state index contributed by atoms with van der Waals surface area (Å²) in [6.07, 6.45) is 3.38. The molecule has 1 heterocycles. The van der Waals surface area contributed by atoms with E-state index in [0.717, 1.165) is 0 Å². The highest BCUT2D eigenvalue weighted by atomic mass is 19.3. The molecular formula is C11H14F2N2O. The number of carbonyl (C=O) groups is 1. The van der Waals surface area contributed by atoms with Gasteiger partial charge in [-0.1, -0.05) is 0 Å². The maximum atomic E-state index is 12.9. The van der Waals surface area contributed by atoms with E-state index in [1.54, 1.807) is 24.0 Å². The average Bonchev–Trinajstić information content (AvgIpc) is 2.63. The third-order valence-electron chi connectivity index (χ3n) is 3.13. The summed E-state index contributed by atoms with van der Waals surface area (Å²) in [5.74, 6) is -2.61. The van der Waals surface area contributed by atoms with Crippen LogP contribution in [0.2, 0.25) is 0 Å². The highest BCUT2D eigenvalue weighted by Crippen LogP contribution is 2.37. The lowest BCUT2D eigenvalue weighted by molar-refractivity contribution is -0.0425. The van der Waals surface area contributed by atoms with Gasteiger partial charge in [-0.05, 0) is 12.8 Å². The van der Waals surface area contributed by atoms with Crippen LogP contribution < -0.4 is 0 Å². The highest BCUT2D eigenvalue weighted by molar-refractivity contribution is 5.94. The first-order valence-electron chi connectivity index (χ1n) is 5.39. The normalized spacial score (nSPS) is 20.9. The van der Waals surface area contributed by atoms with Crippen molar-refractivity contribution >= 4 is 5.78 Å². The summed E-state index contributed by atoms with van der Waals surface area (Å²) in [7, 11) is 1.73. The van der Waals surface area contributed by atoms with Gasteiger partial charge in [-0.2, -0.15) is 0 Å². The molecule has 16 heavy (non-hydrogen) atoms. The van der Waals surface area contributed by atoms with Crippen molar-refractivity contribution in [1.29, 1.82) is 0 Å². The fourth-order valence-corrected chi connectivity index (χ4v) is 2.09. The van der Waals surface area contributed by atoms with Gasteiger partial charge in [0.1, 0.15) is 0 Å². The smallest absolute Gasteiger partial charge is 0.248 e. The van der Waals surface area contributed by atoms with Crippen LogP contribution >= 0.6 is 0 Å². The first-order chi connectivity index (χ1) is 7.49. The Bertz CT molecular complexity index is 390. The van der Waals surface area contributed by atoms with Crippen molar-refractivity contribution in [2.24, 2.45) is 13.0 Å². The van der Waals surface area contributed by atoms with Crippen LogP contribution in [0.15, 0.2) is 12.4 Å². The number of halogens is 2. The number of rotatable bonds is 2. The quantitative estimate of drug-likeness (QED) is 0.729. The zero-order chi connectivity index (χ0) is 11.8. The summed E-state index contributed by atoms with van der Waals surface area (Å²) in [6, 6.07) is 0. The molecule has 1 aromatic heterocycles. The lowest BCUT2D eigenvalue weighted by Crippen LogP contribution is -2.29. The zero-order valence-electron chi connectivity index (χ0n) is 9.12. The summed E-state index contributed by atoms with van der Waals surface area (Å²) in [5, 5.41) is 0. The number of carbonyl (C=O) groups excluding carboxylic acids is 1. The van der Waals surface area contributed by atoms with Crippen molar-refractivity contribution in [2.75, 3.05) is 0 Å². The molecule has 0 radical (unpaired) electrons. The fourth-order valence-electron chi connectivity index (χ4n) is 2.09. The zero-order valence-corrected chi connectivity index (χ0v) is 9.12. The van der Waals surface area contributed by atoms with E-state index in [1.807, 2.05) is 0 Å². The van der Waals surface area contributed by atoms with E-state index >= 15 is 0 Å². The van der Waals surface area contributed by atoms with Gasteiger partial charge in [0.15, 0.2) is 5.82 Å². The van der Waals surface area contributed by atoms with Crippen LogP contribution in [0.4, 0.5) is 8.78 Å². The SMILES string of the molecule is Cn1ccnc1C(=O)C1CCC(F)(F)CC1. The van der Waals surface area contributed by atoms with Crippen LogP contribution in [-0.4, -0.2) is 21.3 Å². The first kappa shape index (κ1) is 11.2. The number of hydrogen-bond donors (Lipinski definition) is 0. The maximum absolute atomic E-state index is 12.9. The predicted molar refractivity (Wildman–Crippen MR) is 54.4 cm³/mol. The maximum Gasteiger partial charge on any atom is 0.248 e. The van der Waals surface area contributed by atoms with Gasteiger partial charge in [-0.15, -0.1) is 0 Å². The standard InChI is InChI=1S/C11H14F2N2O/c1-15-7-6-14-10(15)9(16)8-2-4-11(12,13)5-3-8/h6-8H,2-5H2,1H3. The van der Waals surface area contributed by atoms with Gasteiger partial charge in [-0.25, -0.2) is 13.8 Å². The van der Waals surface area contributed by atoms with E-state index in [2.05, 4.69) is 4.98 Å². The number of hydrogen-bond acceptors (Lipinski definition) is 2. The van der Waals surface area contributed by atoms with Crippen LogP contribution in [0, 0.1) is 5.92 Å². The number of aromatic nitrogens is 2. The lowest BCUT2D eigenvalue weighted by atomic mass is 9.84. The molecule has 0 spiro atoms. The van der Waals surface area contributed by atoms with Crippen LogP contribution in [0.5, 0.6) is 0 Å². The molecule has 0 aliphatic heterocycles. The molecule has 1 fully saturated rings. The van der Waals surface area contributed by atoms with Crippen molar-refractivity contribution in [1.82, 2.24) is 9.55 Å². The van der Waals surface area contributed by atoms with E-state index in [-0.39, 0.29) is 37.4 Å². The molecule has 0 bridgehead atoms. The summed E-state index contributed by atoms with van der Waals surface area (Å²) < 4.78 is 27.5. The second-order valence-electron chi connectivity index (χ2n) is 4.36. The van der Waals surface area contributed by atoms with Crippen molar-refractivity contribution in [3.05, 3.63) is 18.2 Å². The van der Waals surface area contributed by atoms with E-state index in [4.69, 9.17) is 0 Å². The molecule has 0 N–H and O–H groups in total. The van der Waals surface area contributed by atoms with Gasteiger partial charge in [-0.3, -0.25) is 4.79 Å². The average molecular weight is 228 g/mol. The molecule has 0 unspecified atom stereocenters. The van der Waals surface area contributed by atoms with Gasteiger partial charge < -0.3 is 4.57 Å². The number of imidazole rings is 1. The molecule has 1 aliphatic rings. The summed E-state index contributed by atoms with van der Waals surface area (Å²) >= 11 is 0. The Morgan fingerprint density at radius 1 is 1.50 bits per heavy atom. The number of alkyl halides is 2. The van der Waals surface area contributed by atoms with Crippen LogP contribution in [0.25, 0.3) is 0 Å². The summed E-state index contributed by atoms with van der Waals surface area (Å²) in [4.78, 5) is 15.9. The molecule has 1 saturated carbocycles. The van der Waals surface area contributed by atoms with Gasteiger partial charge >= 0.3 is 0 Å². The number of aryl methyl sites for hydroxylation is 1. The molecule has 2 rings (SSSR count). The molecule has 0 saturated heterocycles. The molecular weight excluding hydrogens is 214 g/mol. The molecule has 1 aliphatic carbocycles. The molecule has 0 atom stereocenters. The van der Waals surface area contributed by atoms with E-state index in [9.17, 15) is 13.6 Å². The highest BCUT2D eigenvalue weighted by Gasteiger charge is 2.38. The third-order valence-corrected chi connectivity index (χ3v) is 3.13. The van der Waals surface area contributed by atoms with Gasteiger partial charge in [0.05, 0.1) is 0 Å². The molecule has 88 valence electrons. The van der Waals surface area contributed by atoms with Crippen molar-refractivity contribution in [3.63, 3.8) is 0 Å². The molecule has 5 heteroatoms. The van der Waals surface area contributed by atoms with Gasteiger partial charge in [0.25, 0.3) is 0 Å². The Kier molecular flexibility index (Phi) is 2.78. The largest absolute Gasteiger partial charge is 0.332 e. The fraction of sp³-hybridized carbons (Fsp3) is 0.636. The lowest BCUT2D eigenvalue weighted by Gasteiger charge is -2.26. The number of ketones is 1. The second kappa shape index (κ2) is 3.96. The van der Waals surface area contributed by atoms with Crippen molar-refractivity contribution in [3.8, 4) is 0 Å². The number of nitrogens with zero attached hydrogens (tertiary/aromatic N) is 2. The Hall–Kier alpha value is -1.26. The van der Waals surface area contributed by atoms with Gasteiger partial charge in [0.2, 0.25) is 11.7 Å². The monoisotopic (exact) mass is 228 g/mol. The topological polar surface area (TPSA) is 34.9 Å². The third kappa shape index (κ3) is 2.13. The van der Waals surface area contributed by atoms with Crippen LogP contribution in [0.3, 0.4) is 0 Å². The molecule has 0 amide bonds. The Morgan fingerprint density at radius 2 is 2.12 bits per heavy atom. The first-order valence-corrected chi connectivity index (χ1v) is 5.39. The molecule has 3 nitrogen and oxygen atoms in total. The summed E-state index contributed by atoms with van der Waals surface area (Å²) in [5.41, 5.74) is 0. The Morgan fingerprint density at radius 3 is 2.62 bits per heavy atom. The van der Waals surface area contributed by atoms with E-state index in [0.29, 0.717) is 5.82 Å². The molecule has 1 aromatic rings. The minimum absolute atomic E-state index is 0.108. The Balaban J connectivity index is 2.05. The van der Waals surface area contributed by atoms with Crippen molar-refractivity contribution < 1.29 is 13.6 Å². The van der Waals surface area contributed by atoms with Crippen LogP contribution in [0.1, 0.15) is 36.3 Å². The minimum Gasteiger partial charge on any atom is -0.332 e. The van der Waals surface area contributed by atoms with Gasteiger partial charge in [0, 0.05) is 38.2 Å². The van der Waals surface area contributed by atoms with E-state index < -0.39 is 5.92 Å². The Labute approximate surface area is 92.5 Å². The minimum atomic E-state index is -2.58. The predicted octanol–water partition coefficient (Wildman–Crippen LogP) is 2.43. The number of Topliss-reactive ketones (excluding diaryl/α,β-unsaturated/α-hetero) is 1. The summed E-state index contributed by atoms with van der Waals surface area (Å²) in [6.45, 7) is 0. The van der Waals surface area contributed by atoms with Crippen LogP contribution in [-0.2, 0) is 7.05 Å². The van der Waals surface area contributed by atoms with Crippen molar-refractivity contribution in [2.45, 2.75) is 31.6 Å². The second-order valence-corrected chi connectivity index (χ2v) is 4.36.